The van der Waals surface area contributed by atoms with Gasteiger partial charge in [-0.1, -0.05) is 42.5 Å². The minimum atomic E-state index is -0.379. The Bertz CT molecular complexity index is 947. The van der Waals surface area contributed by atoms with Gasteiger partial charge in [0.25, 0.3) is 0 Å². The predicted octanol–water partition coefficient (Wildman–Crippen LogP) is 4.71. The number of aromatic amines is 1. The number of carbonyl (C=O) groups excluding carboxylic acids is 1. The number of nitrogens with zero attached hydrogens (tertiary/aromatic N) is 1. The Morgan fingerprint density at radius 1 is 1.21 bits per heavy atom. The molecule has 0 atom stereocenters. The topological polar surface area (TPSA) is 46.5 Å². The van der Waals surface area contributed by atoms with Crippen molar-refractivity contribution in [1.29, 1.82) is 0 Å². The molecule has 0 unspecified atom stereocenters. The zero-order chi connectivity index (χ0) is 16.9. The highest BCUT2D eigenvalue weighted by atomic mass is 16.5. The lowest BCUT2D eigenvalue weighted by atomic mass is 9.96. The van der Waals surface area contributed by atoms with Gasteiger partial charge < -0.3 is 9.72 Å². The van der Waals surface area contributed by atoms with Gasteiger partial charge in [0.1, 0.15) is 0 Å². The van der Waals surface area contributed by atoms with E-state index in [1.807, 2.05) is 48.5 Å². The smallest absolute Gasteiger partial charge is 0.331 e. The van der Waals surface area contributed by atoms with Gasteiger partial charge in [-0.2, -0.15) is 0 Å². The zero-order valence-corrected chi connectivity index (χ0v) is 13.2. The second kappa shape index (κ2) is 6.84. The van der Waals surface area contributed by atoms with Crippen LogP contribution in [0.5, 0.6) is 0 Å². The number of benzene rings is 2. The zero-order valence-electron chi connectivity index (χ0n) is 13.2. The maximum atomic E-state index is 12.0. The van der Waals surface area contributed by atoms with E-state index in [2.05, 4.69) is 9.83 Å². The van der Waals surface area contributed by atoms with Crippen molar-refractivity contribution in [3.05, 3.63) is 83.3 Å². The maximum Gasteiger partial charge on any atom is 0.331 e. The predicted molar refractivity (Wildman–Crippen MR) is 94.7 cm³/mol. The molecular formula is C20H16N2O2. The van der Waals surface area contributed by atoms with Gasteiger partial charge >= 0.3 is 5.97 Å². The van der Waals surface area contributed by atoms with Gasteiger partial charge in [-0.15, -0.1) is 0 Å². The molecule has 0 radical (unpaired) electrons. The van der Waals surface area contributed by atoms with Crippen LogP contribution in [0.25, 0.3) is 21.3 Å². The summed E-state index contributed by atoms with van der Waals surface area (Å²) in [6.45, 7) is 9.38. The third kappa shape index (κ3) is 3.06. The monoisotopic (exact) mass is 316 g/mol. The molecule has 0 aliphatic heterocycles. The van der Waals surface area contributed by atoms with Crippen molar-refractivity contribution in [3.63, 3.8) is 0 Å². The van der Waals surface area contributed by atoms with Gasteiger partial charge in [0.05, 0.1) is 13.2 Å². The summed E-state index contributed by atoms with van der Waals surface area (Å²) in [6.07, 6.45) is 3.20. The first kappa shape index (κ1) is 15.6. The van der Waals surface area contributed by atoms with Crippen LogP contribution in [0.3, 0.4) is 0 Å². The number of esters is 1. The Morgan fingerprint density at radius 3 is 2.71 bits per heavy atom. The molecule has 0 aliphatic rings. The van der Waals surface area contributed by atoms with Crippen LogP contribution in [0.2, 0.25) is 0 Å². The molecule has 24 heavy (non-hydrogen) atoms. The molecule has 0 aliphatic carbocycles. The van der Waals surface area contributed by atoms with Gasteiger partial charge in [-0.05, 0) is 29.7 Å². The van der Waals surface area contributed by atoms with E-state index in [1.54, 1.807) is 13.1 Å². The van der Waals surface area contributed by atoms with Crippen molar-refractivity contribution in [1.82, 2.24) is 4.98 Å². The van der Waals surface area contributed by atoms with E-state index >= 15 is 0 Å². The Balaban J connectivity index is 2.15. The summed E-state index contributed by atoms with van der Waals surface area (Å²) in [5, 5.41) is 0.841. The lowest BCUT2D eigenvalue weighted by Crippen LogP contribution is -2.01. The van der Waals surface area contributed by atoms with E-state index in [0.717, 1.165) is 27.6 Å². The molecule has 4 nitrogen and oxygen atoms in total. The minimum Gasteiger partial charge on any atom is -0.463 e. The number of rotatable bonds is 4. The lowest BCUT2D eigenvalue weighted by molar-refractivity contribution is -0.137. The summed E-state index contributed by atoms with van der Waals surface area (Å²) < 4.78 is 5.06. The molecular weight excluding hydrogens is 300 g/mol. The summed E-state index contributed by atoms with van der Waals surface area (Å²) >= 11 is 0. The van der Waals surface area contributed by atoms with Crippen LogP contribution in [-0.4, -0.2) is 17.6 Å². The third-order valence-electron chi connectivity index (χ3n) is 3.72. The van der Waals surface area contributed by atoms with Crippen LogP contribution >= 0.6 is 0 Å². The Labute approximate surface area is 140 Å². The first-order chi connectivity index (χ1) is 11.7. The first-order valence-electron chi connectivity index (χ1n) is 7.65. The van der Waals surface area contributed by atoms with Gasteiger partial charge in [0.15, 0.2) is 0 Å². The van der Waals surface area contributed by atoms with Crippen molar-refractivity contribution in [2.24, 2.45) is 0 Å². The van der Waals surface area contributed by atoms with E-state index in [0.29, 0.717) is 12.3 Å². The first-order valence-corrected chi connectivity index (χ1v) is 7.65. The Morgan fingerprint density at radius 2 is 2.00 bits per heavy atom. The van der Waals surface area contributed by atoms with E-state index in [4.69, 9.17) is 11.3 Å². The van der Waals surface area contributed by atoms with Gasteiger partial charge in [-0.3, -0.25) is 0 Å². The third-order valence-corrected chi connectivity index (χ3v) is 3.72. The second-order valence-electron chi connectivity index (χ2n) is 5.22. The van der Waals surface area contributed by atoms with E-state index in [-0.39, 0.29) is 5.97 Å². The van der Waals surface area contributed by atoms with Crippen molar-refractivity contribution in [3.8, 4) is 0 Å². The fourth-order valence-electron chi connectivity index (χ4n) is 2.62. The summed E-state index contributed by atoms with van der Waals surface area (Å²) in [5.74, 6) is -0.379. The van der Waals surface area contributed by atoms with Crippen LogP contribution < -0.4 is 0 Å². The van der Waals surface area contributed by atoms with Crippen molar-refractivity contribution < 1.29 is 9.53 Å². The average molecular weight is 316 g/mol. The molecule has 1 N–H and O–H groups in total. The standard InChI is InChI=1S/C20H16N2O2/c1-3-24-20(23)12-16(14-7-5-4-6-8-14)15-9-10-18-17(11-15)19(21-2)13-22-18/h4-13,22H,3H2,1H3. The van der Waals surface area contributed by atoms with E-state index in [1.165, 1.54) is 6.08 Å². The molecule has 0 saturated carbocycles. The Kier molecular flexibility index (Phi) is 4.44. The maximum absolute atomic E-state index is 12.0. The SMILES string of the molecule is [C-]#[N+]c1c[nH]c2ccc(C(=CC(=O)OCC)c3ccccc3)cc12. The molecule has 1 aromatic heterocycles. The fraction of sp³-hybridized carbons (Fsp3) is 0.100. The largest absolute Gasteiger partial charge is 0.463 e. The molecule has 2 aromatic carbocycles. The summed E-state index contributed by atoms with van der Waals surface area (Å²) in [6, 6.07) is 15.5. The molecule has 0 fully saturated rings. The van der Waals surface area contributed by atoms with Crippen molar-refractivity contribution >= 4 is 28.1 Å². The lowest BCUT2D eigenvalue weighted by Gasteiger charge is -2.09. The highest BCUT2D eigenvalue weighted by Crippen LogP contribution is 2.31. The van der Waals surface area contributed by atoms with Crippen LogP contribution in [0.4, 0.5) is 5.69 Å². The average Bonchev–Trinajstić information content (AvgIpc) is 3.03. The molecule has 0 saturated heterocycles. The summed E-state index contributed by atoms with van der Waals surface area (Å²) in [5.41, 5.74) is 4.02. The number of fused-ring (bicyclic) bond motifs is 1. The molecule has 0 spiro atoms. The number of hydrogen-bond acceptors (Lipinski definition) is 2. The minimum absolute atomic E-state index is 0.329. The Hall–Kier alpha value is -3.32. The molecule has 0 bridgehead atoms. The van der Waals surface area contributed by atoms with E-state index in [9.17, 15) is 4.79 Å². The summed E-state index contributed by atoms with van der Waals surface area (Å²) in [4.78, 5) is 18.6. The number of hydrogen-bond donors (Lipinski definition) is 1. The second-order valence-corrected chi connectivity index (χ2v) is 5.22. The van der Waals surface area contributed by atoms with Gasteiger partial charge in [-0.25, -0.2) is 9.64 Å². The van der Waals surface area contributed by atoms with Crippen molar-refractivity contribution in [2.45, 2.75) is 6.92 Å². The van der Waals surface area contributed by atoms with Gasteiger partial charge in [0.2, 0.25) is 5.69 Å². The number of aromatic nitrogens is 1. The summed E-state index contributed by atoms with van der Waals surface area (Å²) in [7, 11) is 0. The molecule has 3 aromatic rings. The van der Waals surface area contributed by atoms with Crippen molar-refractivity contribution in [2.75, 3.05) is 6.61 Å². The molecule has 1 heterocycles. The quantitative estimate of drug-likeness (QED) is 0.430. The van der Waals surface area contributed by atoms with Gasteiger partial charge in [0, 0.05) is 23.2 Å². The highest BCUT2D eigenvalue weighted by molar-refractivity contribution is 6.00. The number of ether oxygens (including phenoxy) is 1. The molecule has 0 amide bonds. The normalized spacial score (nSPS) is 11.2. The number of nitrogens with one attached hydrogen (secondary N) is 1. The molecule has 118 valence electrons. The van der Waals surface area contributed by atoms with Crippen LogP contribution in [-0.2, 0) is 9.53 Å². The van der Waals surface area contributed by atoms with Crippen LogP contribution in [0.1, 0.15) is 18.1 Å². The number of carbonyl (C=O) groups is 1. The van der Waals surface area contributed by atoms with Crippen LogP contribution in [0.15, 0.2) is 60.8 Å². The fourth-order valence-corrected chi connectivity index (χ4v) is 2.62. The van der Waals surface area contributed by atoms with E-state index < -0.39 is 0 Å². The highest BCUT2D eigenvalue weighted by Gasteiger charge is 2.11. The molecule has 4 heteroatoms. The van der Waals surface area contributed by atoms with Crippen LogP contribution in [0, 0.1) is 6.57 Å². The number of H-pyrrole nitrogens is 1. The molecule has 3 rings (SSSR count).